The third-order valence-electron chi connectivity index (χ3n) is 3.87. The van der Waals surface area contributed by atoms with E-state index in [-0.39, 0.29) is 16.3 Å². The van der Waals surface area contributed by atoms with Crippen molar-refractivity contribution in [1.29, 1.82) is 0 Å². The molecule has 0 radical (unpaired) electrons. The maximum absolute atomic E-state index is 13.7. The fourth-order valence-electron chi connectivity index (χ4n) is 2.35. The van der Waals surface area contributed by atoms with E-state index < -0.39 is 45.2 Å². The third-order valence-corrected chi connectivity index (χ3v) is 5.03. The lowest BCUT2D eigenvalue weighted by Gasteiger charge is -2.11. The van der Waals surface area contributed by atoms with E-state index >= 15 is 0 Å². The van der Waals surface area contributed by atoms with Gasteiger partial charge in [0, 0.05) is 17.8 Å². The average molecular weight is 438 g/mol. The van der Waals surface area contributed by atoms with Gasteiger partial charge < -0.3 is 10.6 Å². The van der Waals surface area contributed by atoms with Gasteiger partial charge in [-0.3, -0.25) is 9.59 Å². The summed E-state index contributed by atoms with van der Waals surface area (Å²) in [4.78, 5) is 24.4. The van der Waals surface area contributed by atoms with E-state index in [2.05, 4.69) is 5.32 Å². The first kappa shape index (κ1) is 19.8. The number of carbonyl (C=O) groups is 2. The first-order valence-corrected chi connectivity index (χ1v) is 8.66. The van der Waals surface area contributed by atoms with Gasteiger partial charge in [-0.05, 0) is 24.6 Å². The molecule has 1 fully saturated rings. The molecule has 1 aliphatic rings. The van der Waals surface area contributed by atoms with Gasteiger partial charge in [0.05, 0.1) is 16.5 Å². The molecular weight excluding hydrogens is 428 g/mol. The van der Waals surface area contributed by atoms with Crippen LogP contribution in [-0.2, 0) is 4.79 Å². The Hall–Kier alpha value is -1.96. The fraction of sp³-hybridized carbons (Fsp3) is 0.176. The Balaban J connectivity index is 1.80. The number of nitrogens with one attached hydrogen (secondary N) is 2. The summed E-state index contributed by atoms with van der Waals surface area (Å²) in [7, 11) is 0. The van der Waals surface area contributed by atoms with Crippen molar-refractivity contribution in [1.82, 2.24) is 0 Å². The van der Waals surface area contributed by atoms with Gasteiger partial charge in [-0.15, -0.1) is 23.2 Å². The largest absolute Gasteiger partial charge is 0.326 e. The molecule has 27 heavy (non-hydrogen) atoms. The highest BCUT2D eigenvalue weighted by molar-refractivity contribution is 6.52. The minimum Gasteiger partial charge on any atom is -0.326 e. The molecule has 2 aromatic carbocycles. The molecule has 142 valence electrons. The Morgan fingerprint density at radius 2 is 1.63 bits per heavy atom. The third kappa shape index (κ3) is 4.31. The van der Waals surface area contributed by atoms with Crippen LogP contribution in [-0.4, -0.2) is 16.1 Å². The topological polar surface area (TPSA) is 58.2 Å². The summed E-state index contributed by atoms with van der Waals surface area (Å²) in [5, 5.41) is 4.50. The van der Waals surface area contributed by atoms with Crippen molar-refractivity contribution < 1.29 is 22.8 Å². The lowest BCUT2D eigenvalue weighted by molar-refractivity contribution is -0.117. The van der Waals surface area contributed by atoms with Crippen LogP contribution in [0, 0.1) is 23.4 Å². The first-order chi connectivity index (χ1) is 12.6. The van der Waals surface area contributed by atoms with Gasteiger partial charge in [0.25, 0.3) is 5.91 Å². The van der Waals surface area contributed by atoms with Gasteiger partial charge in [0.1, 0.15) is 15.8 Å². The van der Waals surface area contributed by atoms with E-state index in [9.17, 15) is 22.8 Å². The smallest absolute Gasteiger partial charge is 0.257 e. The number of hydrogen-bond donors (Lipinski definition) is 2. The summed E-state index contributed by atoms with van der Waals surface area (Å²) in [6, 6.07) is 4.84. The van der Waals surface area contributed by atoms with Crippen molar-refractivity contribution in [2.45, 2.75) is 10.8 Å². The quantitative estimate of drug-likeness (QED) is 0.651. The van der Waals surface area contributed by atoms with E-state index in [1.807, 2.05) is 5.32 Å². The van der Waals surface area contributed by atoms with Crippen molar-refractivity contribution in [3.05, 3.63) is 58.4 Å². The highest BCUT2D eigenvalue weighted by Crippen LogP contribution is 2.53. The first-order valence-electron chi connectivity index (χ1n) is 7.52. The number of hydrogen-bond acceptors (Lipinski definition) is 2. The van der Waals surface area contributed by atoms with Gasteiger partial charge in [0.15, 0.2) is 11.6 Å². The second-order valence-electron chi connectivity index (χ2n) is 5.90. The standard InChI is InChI=1S/C17H10Cl3F3N2O2/c18-11-2-1-8(24-16(27)10-6-17(10,19)20)5-9(11)15(26)25-14-12(22)3-7(21)4-13(14)23/h1-5,10H,6H2,(H,24,27)(H,25,26). The number of amides is 2. The Kier molecular flexibility index (Phi) is 5.29. The van der Waals surface area contributed by atoms with E-state index in [0.717, 1.165) is 0 Å². The lowest BCUT2D eigenvalue weighted by Crippen LogP contribution is -2.18. The zero-order valence-electron chi connectivity index (χ0n) is 13.3. The number of rotatable bonds is 4. The molecule has 1 aliphatic carbocycles. The Labute approximate surface area is 166 Å². The molecule has 0 saturated heterocycles. The van der Waals surface area contributed by atoms with Gasteiger partial charge in [-0.2, -0.15) is 0 Å². The molecule has 0 aromatic heterocycles. The maximum Gasteiger partial charge on any atom is 0.257 e. The molecule has 0 spiro atoms. The molecule has 3 rings (SSSR count). The minimum absolute atomic E-state index is 0.0242. The van der Waals surface area contributed by atoms with Gasteiger partial charge in [0.2, 0.25) is 5.91 Å². The van der Waals surface area contributed by atoms with Crippen molar-refractivity contribution >= 4 is 58.0 Å². The zero-order chi connectivity index (χ0) is 19.9. The molecule has 2 amide bonds. The second kappa shape index (κ2) is 7.22. The lowest BCUT2D eigenvalue weighted by atomic mass is 10.1. The predicted molar refractivity (Wildman–Crippen MR) is 96.9 cm³/mol. The molecular formula is C17H10Cl3F3N2O2. The van der Waals surface area contributed by atoms with E-state index in [0.29, 0.717) is 18.6 Å². The van der Waals surface area contributed by atoms with Crippen LogP contribution in [0.2, 0.25) is 5.02 Å². The zero-order valence-corrected chi connectivity index (χ0v) is 15.5. The van der Waals surface area contributed by atoms with Crippen LogP contribution < -0.4 is 10.6 Å². The molecule has 0 heterocycles. The Morgan fingerprint density at radius 1 is 1.04 bits per heavy atom. The van der Waals surface area contributed by atoms with Crippen LogP contribution in [0.4, 0.5) is 24.5 Å². The van der Waals surface area contributed by atoms with Gasteiger partial charge in [-0.25, -0.2) is 13.2 Å². The van der Waals surface area contributed by atoms with Crippen molar-refractivity contribution in [2.75, 3.05) is 10.6 Å². The predicted octanol–water partition coefficient (Wildman–Crippen LogP) is 5.14. The highest BCUT2D eigenvalue weighted by atomic mass is 35.5. The fourth-order valence-corrected chi connectivity index (χ4v) is 3.06. The summed E-state index contributed by atoms with van der Waals surface area (Å²) in [6.45, 7) is 0. The second-order valence-corrected chi connectivity index (χ2v) is 7.85. The SMILES string of the molecule is O=C(Nc1c(F)cc(F)cc1F)c1cc(NC(=O)C2CC2(Cl)Cl)ccc1Cl. The van der Waals surface area contributed by atoms with Crippen LogP contribution in [0.25, 0.3) is 0 Å². The van der Waals surface area contributed by atoms with Crippen molar-refractivity contribution in [3.8, 4) is 0 Å². The molecule has 10 heteroatoms. The molecule has 1 unspecified atom stereocenters. The molecule has 0 bridgehead atoms. The summed E-state index contributed by atoms with van der Waals surface area (Å²) in [5.41, 5.74) is -0.763. The Bertz CT molecular complexity index is 930. The average Bonchev–Trinajstić information content (AvgIpc) is 3.21. The number of carbonyl (C=O) groups excluding carboxylic acids is 2. The summed E-state index contributed by atoms with van der Waals surface area (Å²) in [6.07, 6.45) is 0.298. The highest BCUT2D eigenvalue weighted by Gasteiger charge is 2.56. The summed E-state index contributed by atoms with van der Waals surface area (Å²) in [5.74, 6) is -5.66. The Morgan fingerprint density at radius 3 is 2.19 bits per heavy atom. The molecule has 1 saturated carbocycles. The maximum atomic E-state index is 13.7. The summed E-state index contributed by atoms with van der Waals surface area (Å²) >= 11 is 17.6. The van der Waals surface area contributed by atoms with Crippen molar-refractivity contribution in [2.24, 2.45) is 5.92 Å². The van der Waals surface area contributed by atoms with Gasteiger partial charge >= 0.3 is 0 Å². The van der Waals surface area contributed by atoms with E-state index in [1.54, 1.807) is 0 Å². The minimum atomic E-state index is -1.28. The number of halogens is 6. The van der Waals surface area contributed by atoms with Crippen LogP contribution in [0.15, 0.2) is 30.3 Å². The number of benzene rings is 2. The molecule has 2 aromatic rings. The molecule has 2 N–H and O–H groups in total. The number of alkyl halides is 2. The van der Waals surface area contributed by atoms with Crippen molar-refractivity contribution in [3.63, 3.8) is 0 Å². The van der Waals surface area contributed by atoms with Crippen LogP contribution in [0.3, 0.4) is 0 Å². The molecule has 4 nitrogen and oxygen atoms in total. The molecule has 1 atom stereocenters. The number of anilines is 2. The van der Waals surface area contributed by atoms with Crippen LogP contribution in [0.5, 0.6) is 0 Å². The van der Waals surface area contributed by atoms with Crippen LogP contribution >= 0.6 is 34.8 Å². The van der Waals surface area contributed by atoms with E-state index in [1.165, 1.54) is 18.2 Å². The summed E-state index contributed by atoms with van der Waals surface area (Å²) < 4.78 is 39.2. The van der Waals surface area contributed by atoms with Crippen LogP contribution in [0.1, 0.15) is 16.8 Å². The monoisotopic (exact) mass is 436 g/mol. The molecule has 0 aliphatic heterocycles. The van der Waals surface area contributed by atoms with Gasteiger partial charge in [-0.1, -0.05) is 11.6 Å². The normalized spacial score (nSPS) is 17.3. The van der Waals surface area contributed by atoms with E-state index in [4.69, 9.17) is 34.8 Å².